The second kappa shape index (κ2) is 11.4. The summed E-state index contributed by atoms with van der Waals surface area (Å²) in [6, 6.07) is 62.5. The Kier molecular flexibility index (Phi) is 6.46. The van der Waals surface area contributed by atoms with Gasteiger partial charge in [0.1, 0.15) is 5.82 Å². The van der Waals surface area contributed by atoms with Crippen LogP contribution in [0.15, 0.2) is 182 Å². The predicted octanol–water partition coefficient (Wildman–Crippen LogP) is 12.0. The maximum Gasteiger partial charge on any atom is 0.145 e. The Morgan fingerprint density at radius 3 is 2.04 bits per heavy atom. The summed E-state index contributed by atoms with van der Waals surface area (Å²) in [6.07, 6.45) is 1.88. The zero-order valence-corrected chi connectivity index (χ0v) is 27.1. The Balaban J connectivity index is 1.12. The van der Waals surface area contributed by atoms with Gasteiger partial charge in [0, 0.05) is 45.5 Å². The molecule has 0 radical (unpaired) electrons. The number of hydrogen-bond donors (Lipinski definition) is 0. The minimum absolute atomic E-state index is 0.897. The summed E-state index contributed by atoms with van der Waals surface area (Å²) in [7, 11) is 0. The molecule has 50 heavy (non-hydrogen) atoms. The quantitative estimate of drug-likeness (QED) is 0.188. The second-order valence-corrected chi connectivity index (χ2v) is 12.7. The first-order chi connectivity index (χ1) is 24.8. The minimum Gasteiger partial charge on any atom is -0.310 e. The lowest BCUT2D eigenvalue weighted by Gasteiger charge is -2.26. The third-order valence-electron chi connectivity index (χ3n) is 9.76. The molecule has 0 spiro atoms. The SMILES string of the molecule is c1ccc(N(c2ccc(-c3ccc4ccccc4c3)cc2)c2cccc(-c3nc4cccc5c4n3-c3ccccc3-c3ncccc3-5)c2)cc1. The number of anilines is 3. The van der Waals surface area contributed by atoms with Crippen molar-refractivity contribution in [2.24, 2.45) is 0 Å². The Morgan fingerprint density at radius 2 is 1.14 bits per heavy atom. The van der Waals surface area contributed by atoms with Gasteiger partial charge in [-0.2, -0.15) is 0 Å². The van der Waals surface area contributed by atoms with Crippen LogP contribution in [0, 0.1) is 0 Å². The van der Waals surface area contributed by atoms with Crippen LogP contribution in [0.2, 0.25) is 0 Å². The smallest absolute Gasteiger partial charge is 0.145 e. The van der Waals surface area contributed by atoms with Crippen molar-refractivity contribution in [1.82, 2.24) is 14.5 Å². The van der Waals surface area contributed by atoms with Gasteiger partial charge in [0.15, 0.2) is 0 Å². The number of para-hydroxylation sites is 3. The number of hydrogen-bond acceptors (Lipinski definition) is 3. The van der Waals surface area contributed by atoms with Crippen LogP contribution < -0.4 is 4.90 Å². The van der Waals surface area contributed by atoms with E-state index < -0.39 is 0 Å². The van der Waals surface area contributed by atoms with Gasteiger partial charge >= 0.3 is 0 Å². The van der Waals surface area contributed by atoms with E-state index in [0.717, 1.165) is 67.6 Å². The Bertz CT molecular complexity index is 2710. The summed E-state index contributed by atoms with van der Waals surface area (Å²) in [5, 5.41) is 2.49. The van der Waals surface area contributed by atoms with Crippen molar-refractivity contribution in [2.75, 3.05) is 4.90 Å². The third-order valence-corrected chi connectivity index (χ3v) is 9.76. The molecule has 0 saturated heterocycles. The molecule has 234 valence electrons. The molecule has 0 unspecified atom stereocenters. The molecule has 1 aliphatic heterocycles. The fraction of sp³-hybridized carbons (Fsp3) is 0. The molecule has 0 saturated carbocycles. The molecule has 3 heterocycles. The summed E-state index contributed by atoms with van der Waals surface area (Å²) < 4.78 is 2.33. The van der Waals surface area contributed by atoms with Crippen LogP contribution in [0.25, 0.3) is 72.4 Å². The topological polar surface area (TPSA) is 34.0 Å². The fourth-order valence-electron chi connectivity index (χ4n) is 7.46. The molecule has 0 aliphatic carbocycles. The Hall–Kier alpha value is -6.78. The lowest BCUT2D eigenvalue weighted by molar-refractivity contribution is 1.10. The average Bonchev–Trinajstić information content (AvgIpc) is 3.53. The number of nitrogens with zero attached hydrogens (tertiary/aromatic N) is 4. The highest BCUT2D eigenvalue weighted by Crippen LogP contribution is 2.45. The van der Waals surface area contributed by atoms with Crippen LogP contribution in [0.4, 0.5) is 17.1 Å². The first kappa shape index (κ1) is 28.3. The van der Waals surface area contributed by atoms with Crippen molar-refractivity contribution < 1.29 is 0 Å². The Morgan fingerprint density at radius 1 is 0.440 bits per heavy atom. The predicted molar refractivity (Wildman–Crippen MR) is 206 cm³/mol. The van der Waals surface area contributed by atoms with Crippen molar-refractivity contribution >= 4 is 38.9 Å². The van der Waals surface area contributed by atoms with Crippen molar-refractivity contribution in [1.29, 1.82) is 0 Å². The lowest BCUT2D eigenvalue weighted by atomic mass is 9.99. The number of pyridine rings is 1. The third kappa shape index (κ3) is 4.54. The molecule has 9 aromatic rings. The maximum atomic E-state index is 5.30. The van der Waals surface area contributed by atoms with Gasteiger partial charge < -0.3 is 4.90 Å². The van der Waals surface area contributed by atoms with Gasteiger partial charge in [0.25, 0.3) is 0 Å². The first-order valence-corrected chi connectivity index (χ1v) is 16.9. The van der Waals surface area contributed by atoms with Crippen LogP contribution in [0.1, 0.15) is 0 Å². The fourth-order valence-corrected chi connectivity index (χ4v) is 7.46. The molecule has 4 heteroatoms. The Labute approximate surface area is 290 Å². The summed E-state index contributed by atoms with van der Waals surface area (Å²) in [5.74, 6) is 0.897. The molecule has 1 aliphatic rings. The van der Waals surface area contributed by atoms with E-state index in [9.17, 15) is 0 Å². The highest BCUT2D eigenvalue weighted by molar-refractivity contribution is 6.03. The normalized spacial score (nSPS) is 11.6. The minimum atomic E-state index is 0.897. The zero-order chi connectivity index (χ0) is 33.0. The number of imidazole rings is 1. The molecule has 0 fully saturated rings. The number of aromatic nitrogens is 3. The number of benzene rings is 7. The van der Waals surface area contributed by atoms with Gasteiger partial charge in [-0.15, -0.1) is 0 Å². The van der Waals surface area contributed by atoms with Crippen molar-refractivity contribution in [2.45, 2.75) is 0 Å². The van der Waals surface area contributed by atoms with E-state index in [-0.39, 0.29) is 0 Å². The molecule has 0 atom stereocenters. The van der Waals surface area contributed by atoms with Crippen LogP contribution in [0.5, 0.6) is 0 Å². The van der Waals surface area contributed by atoms with Crippen molar-refractivity contribution in [3.63, 3.8) is 0 Å². The summed E-state index contributed by atoms with van der Waals surface area (Å²) in [4.78, 5) is 12.5. The van der Waals surface area contributed by atoms with E-state index >= 15 is 0 Å². The van der Waals surface area contributed by atoms with E-state index in [1.165, 1.54) is 21.9 Å². The molecular weight excluding hydrogens is 609 g/mol. The molecule has 0 amide bonds. The van der Waals surface area contributed by atoms with Crippen LogP contribution in [-0.4, -0.2) is 14.5 Å². The number of fused-ring (bicyclic) bond motifs is 6. The van der Waals surface area contributed by atoms with Gasteiger partial charge in [0.05, 0.1) is 22.4 Å². The summed E-state index contributed by atoms with van der Waals surface area (Å²) >= 11 is 0. The molecule has 0 N–H and O–H groups in total. The van der Waals surface area contributed by atoms with Gasteiger partial charge in [-0.25, -0.2) is 4.98 Å². The standard InChI is InChI=1S/C46H30N4/c1-2-14-36(15-3-1)49(37-26-24-32(25-27-37)34-23-22-31-11-4-5-12-33(31)29-34)38-16-8-13-35(30-38)46-48-42-20-9-18-40-39-19-10-28-47-44(39)41-17-6-7-21-43(41)50(46)45(40)42/h1-30H. The van der Waals surface area contributed by atoms with Gasteiger partial charge in [-0.05, 0) is 82.6 Å². The van der Waals surface area contributed by atoms with Gasteiger partial charge in [-0.3, -0.25) is 9.55 Å². The average molecular weight is 639 g/mol. The lowest BCUT2D eigenvalue weighted by Crippen LogP contribution is -2.10. The van der Waals surface area contributed by atoms with E-state index in [1.54, 1.807) is 0 Å². The highest BCUT2D eigenvalue weighted by Gasteiger charge is 2.26. The first-order valence-electron chi connectivity index (χ1n) is 16.9. The van der Waals surface area contributed by atoms with Crippen molar-refractivity contribution in [3.8, 4) is 50.6 Å². The monoisotopic (exact) mass is 638 g/mol. The second-order valence-electron chi connectivity index (χ2n) is 12.7. The number of rotatable bonds is 5. The van der Waals surface area contributed by atoms with Crippen LogP contribution >= 0.6 is 0 Å². The highest BCUT2D eigenvalue weighted by atomic mass is 15.1. The maximum absolute atomic E-state index is 5.30. The molecule has 7 aromatic carbocycles. The molecule has 10 rings (SSSR count). The van der Waals surface area contributed by atoms with Crippen LogP contribution in [-0.2, 0) is 0 Å². The molecular formula is C46H30N4. The zero-order valence-electron chi connectivity index (χ0n) is 27.1. The summed E-state index contributed by atoms with van der Waals surface area (Å²) in [6.45, 7) is 0. The van der Waals surface area contributed by atoms with E-state index in [0.29, 0.717) is 0 Å². The molecule has 2 aromatic heterocycles. The van der Waals surface area contributed by atoms with E-state index in [1.807, 2.05) is 12.3 Å². The molecule has 4 nitrogen and oxygen atoms in total. The van der Waals surface area contributed by atoms with E-state index in [2.05, 4.69) is 179 Å². The summed E-state index contributed by atoms with van der Waals surface area (Å²) in [5.41, 5.74) is 14.1. The largest absolute Gasteiger partial charge is 0.310 e. The van der Waals surface area contributed by atoms with Gasteiger partial charge in [0.2, 0.25) is 0 Å². The van der Waals surface area contributed by atoms with Gasteiger partial charge in [-0.1, -0.05) is 115 Å². The molecule has 0 bridgehead atoms. The van der Waals surface area contributed by atoms with Crippen molar-refractivity contribution in [3.05, 3.63) is 182 Å². The van der Waals surface area contributed by atoms with E-state index in [4.69, 9.17) is 9.97 Å². The van der Waals surface area contributed by atoms with Crippen LogP contribution in [0.3, 0.4) is 0 Å².